The van der Waals surface area contributed by atoms with E-state index in [9.17, 15) is 37.2 Å². The second-order valence-electron chi connectivity index (χ2n) is 25.8. The van der Waals surface area contributed by atoms with E-state index in [0.717, 1.165) is 42.6 Å². The van der Waals surface area contributed by atoms with Crippen LogP contribution in [0.1, 0.15) is 106 Å². The van der Waals surface area contributed by atoms with Gasteiger partial charge in [-0.1, -0.05) is 164 Å². The first kappa shape index (κ1) is 85.9. The lowest BCUT2D eigenvalue weighted by atomic mass is 10.1. The molecule has 4 aliphatic heterocycles. The van der Waals surface area contributed by atoms with Crippen molar-refractivity contribution in [3.05, 3.63) is 203 Å². The number of carbonyl (C=O) groups excluding carboxylic acids is 6. The van der Waals surface area contributed by atoms with E-state index in [0.29, 0.717) is 156 Å². The van der Waals surface area contributed by atoms with Gasteiger partial charge < -0.3 is 57.2 Å². The molecule has 0 spiro atoms. The molecule has 4 saturated heterocycles. The molecule has 6 amide bonds. The summed E-state index contributed by atoms with van der Waals surface area (Å²) in [7, 11) is -3.41. The minimum atomic E-state index is -3.41. The number of rotatable bonds is 24. The number of hydrogen-bond acceptors (Lipinski definition) is 13. The third kappa shape index (κ3) is 27.1. The van der Waals surface area contributed by atoms with Gasteiger partial charge in [-0.15, -0.1) is 0 Å². The van der Waals surface area contributed by atoms with Crippen molar-refractivity contribution in [1.29, 1.82) is 0 Å². The van der Waals surface area contributed by atoms with E-state index < -0.39 is 22.1 Å². The summed E-state index contributed by atoms with van der Waals surface area (Å²) < 4.78 is 25.4. The van der Waals surface area contributed by atoms with Crippen molar-refractivity contribution in [2.75, 3.05) is 78.2 Å². The molecule has 4 fully saturated rings. The summed E-state index contributed by atoms with van der Waals surface area (Å²) in [6.07, 6.45) is 8.06. The number of amides is 6. The highest BCUT2D eigenvalue weighted by atomic mass is 35.5. The predicted molar refractivity (Wildman–Crippen MR) is 424 cm³/mol. The Bertz CT molecular complexity index is 4150. The van der Waals surface area contributed by atoms with E-state index in [1.165, 1.54) is 31.4 Å². The quantitative estimate of drug-likeness (QED) is 0.0281. The molecule has 6 aromatic rings. The number of hydrogen-bond donors (Lipinski definition) is 8. The lowest BCUT2D eigenvalue weighted by Crippen LogP contribution is -2.50. The smallest absolute Gasteiger partial charge is 0.251 e. The second-order valence-corrected chi connectivity index (χ2v) is 32.6. The van der Waals surface area contributed by atoms with Gasteiger partial charge in [-0.25, -0.2) is 13.1 Å². The Morgan fingerprint density at radius 3 is 1.08 bits per heavy atom. The van der Waals surface area contributed by atoms with Crippen LogP contribution in [-0.2, 0) is 44.0 Å². The lowest BCUT2D eigenvalue weighted by molar-refractivity contribution is -0.134. The summed E-state index contributed by atoms with van der Waals surface area (Å²) in [6, 6.07) is 28.0. The van der Waals surface area contributed by atoms with E-state index in [2.05, 4.69) is 41.5 Å². The van der Waals surface area contributed by atoms with Crippen molar-refractivity contribution < 1.29 is 37.2 Å². The van der Waals surface area contributed by atoms with Gasteiger partial charge in [0.15, 0.2) is 0 Å². The van der Waals surface area contributed by atoms with Gasteiger partial charge in [0.05, 0.1) is 54.5 Å². The molecule has 0 aromatic heterocycles. The first-order chi connectivity index (χ1) is 50.0. The van der Waals surface area contributed by atoms with Crippen LogP contribution in [0.5, 0.6) is 0 Å². The molecule has 0 radical (unpaired) electrons. The van der Waals surface area contributed by atoms with Gasteiger partial charge in [0.1, 0.15) is 0 Å². The standard InChI is InChI=1S/C27H32Cl4N4O2.C23H26Cl4N4O4S.C22H24Cl4N4O2/c28-20-6-4-19(23(30)15-20)17-35-13-8-21(16-32-26(36)18-5-7-22(29)24(31)14-18)33-25(27(35)37)9-12-34-10-2-1-3-11-34;1-36(34,35)29-8-6-21-23(33)31(13-15-2-4-16(24)11-19(15)26)9-7-17(30-21)12-28-22(32)14-3-5-18(25)20(27)10-14;23-15-3-1-14(18(25)10-15)12-30-8-6-16(29-20(5-7-27)22(30)32)11-28-21(31)13-2-4-17(24)19(26)9-13/h4-7,14-15,21,25,33H,1-3,8-13,16-17H2,(H,32,36);2-5,10-11,17,21,29-30H,6-9,12-13H2,1H3,(H,28,32);1-4,9-10,16,20,29H,5-8,11-12,27H2,(H,28,31)/t21-,25-;17-,21-;16-,20-/m000/s1. The van der Waals surface area contributed by atoms with Gasteiger partial charge >= 0.3 is 0 Å². The molecule has 4 aliphatic rings. The number of halogens is 12. The number of piperidine rings is 1. The number of carbonyl (C=O) groups is 6. The molecule has 20 nitrogen and oxygen atoms in total. The minimum Gasteiger partial charge on any atom is -0.350 e. The highest BCUT2D eigenvalue weighted by molar-refractivity contribution is 7.88. The normalized spacial score (nSPS) is 19.6. The van der Waals surface area contributed by atoms with Crippen molar-refractivity contribution >= 4 is 185 Å². The molecule has 6 aromatic carbocycles. The average molecular weight is 1700 g/mol. The van der Waals surface area contributed by atoms with E-state index in [4.69, 9.17) is 145 Å². The lowest BCUT2D eigenvalue weighted by Gasteiger charge is -2.30. The maximum absolute atomic E-state index is 13.6. The van der Waals surface area contributed by atoms with Crippen molar-refractivity contribution in [1.82, 2.24) is 56.2 Å². The Kier molecular flexibility index (Phi) is 34.3. The monoisotopic (exact) mass is 1690 g/mol. The van der Waals surface area contributed by atoms with E-state index in [1.807, 2.05) is 17.0 Å². The molecule has 4 heterocycles. The zero-order valence-corrected chi connectivity index (χ0v) is 67.1. The number of sulfonamides is 1. The Labute approximate surface area is 672 Å². The van der Waals surface area contributed by atoms with Crippen LogP contribution < -0.4 is 42.4 Å². The molecule has 0 bridgehead atoms. The van der Waals surface area contributed by atoms with Crippen LogP contribution in [-0.4, -0.2) is 178 Å². The molecule has 10 rings (SSSR count). The Balaban J connectivity index is 0.000000200. The first-order valence-corrected chi connectivity index (χ1v) is 40.5. The van der Waals surface area contributed by atoms with Gasteiger partial charge in [-0.05, 0) is 179 Å². The van der Waals surface area contributed by atoms with Crippen molar-refractivity contribution in [3.63, 3.8) is 0 Å². The summed E-state index contributed by atoms with van der Waals surface area (Å²) in [5.41, 5.74) is 9.39. The topological polar surface area (TPSA) is 260 Å². The molecule has 105 heavy (non-hydrogen) atoms. The predicted octanol–water partition coefficient (Wildman–Crippen LogP) is 13.5. The van der Waals surface area contributed by atoms with Gasteiger partial charge in [-0.2, -0.15) is 0 Å². The molecule has 568 valence electrons. The molecular formula is C72H82Cl12N12O8S. The van der Waals surface area contributed by atoms with Crippen molar-refractivity contribution in [2.24, 2.45) is 5.73 Å². The molecule has 0 aliphatic carbocycles. The maximum Gasteiger partial charge on any atom is 0.251 e. The zero-order valence-electron chi connectivity index (χ0n) is 57.2. The van der Waals surface area contributed by atoms with Crippen LogP contribution >= 0.6 is 139 Å². The minimum absolute atomic E-state index is 0.0419. The van der Waals surface area contributed by atoms with Crippen LogP contribution in [0.25, 0.3) is 0 Å². The largest absolute Gasteiger partial charge is 0.350 e. The van der Waals surface area contributed by atoms with Crippen LogP contribution in [0.15, 0.2) is 109 Å². The van der Waals surface area contributed by atoms with E-state index >= 15 is 0 Å². The van der Waals surface area contributed by atoms with Crippen molar-refractivity contribution in [2.45, 2.75) is 114 Å². The summed E-state index contributed by atoms with van der Waals surface area (Å²) in [5.74, 6) is -0.992. The zero-order chi connectivity index (χ0) is 76.1. The summed E-state index contributed by atoms with van der Waals surface area (Å²) >= 11 is 73.0. The Morgan fingerprint density at radius 1 is 0.429 bits per heavy atom. The third-order valence-corrected chi connectivity index (χ3v) is 22.7. The van der Waals surface area contributed by atoms with Crippen LogP contribution in [0, 0.1) is 0 Å². The van der Waals surface area contributed by atoms with Crippen LogP contribution in [0.3, 0.4) is 0 Å². The molecule has 33 heteroatoms. The van der Waals surface area contributed by atoms with E-state index in [1.54, 1.807) is 94.7 Å². The van der Waals surface area contributed by atoms with Gasteiger partial charge in [0.25, 0.3) is 17.7 Å². The number of nitrogens with zero attached hydrogens (tertiary/aromatic N) is 4. The number of benzene rings is 6. The summed E-state index contributed by atoms with van der Waals surface area (Å²) in [5, 5.41) is 24.1. The number of nitrogens with one attached hydrogen (secondary N) is 7. The Morgan fingerprint density at radius 2 is 0.762 bits per heavy atom. The first-order valence-electron chi connectivity index (χ1n) is 34.0. The second kappa shape index (κ2) is 41.9. The summed E-state index contributed by atoms with van der Waals surface area (Å²) in [4.78, 5) is 85.7. The maximum atomic E-state index is 13.6. The highest BCUT2D eigenvalue weighted by Crippen LogP contribution is 2.30. The van der Waals surface area contributed by atoms with Gasteiger partial charge in [-0.3, -0.25) is 28.8 Å². The van der Waals surface area contributed by atoms with Crippen LogP contribution in [0.2, 0.25) is 60.3 Å². The number of nitrogens with two attached hydrogens (primary N) is 1. The molecule has 0 saturated carbocycles. The van der Waals surface area contributed by atoms with E-state index in [-0.39, 0.29) is 90.7 Å². The molecular weight excluding hydrogens is 1620 g/mol. The number of likely N-dealkylation sites (tertiary alicyclic amines) is 1. The van der Waals surface area contributed by atoms with Gasteiger partial charge in [0.2, 0.25) is 27.7 Å². The fourth-order valence-corrected chi connectivity index (χ4v) is 15.1. The fourth-order valence-electron chi connectivity index (χ4n) is 12.3. The Hall–Kier alpha value is -4.67. The SMILES string of the molecule is CS(=O)(=O)NCC[C@@H]1N[C@H](CNC(=O)c2ccc(Cl)c(Cl)c2)CCN(Cc2ccc(Cl)cc2Cl)C1=O.NCC[C@@H]1N[C@H](CNC(=O)c2ccc(Cl)c(Cl)c2)CCN(Cc2ccc(Cl)cc2Cl)C1=O.O=C(NC[C@@H]1CCN(Cc2ccc(Cl)cc2Cl)C(=O)[C@H](CCN2CCCCC2)N1)c1ccc(Cl)c(Cl)c1. The van der Waals surface area contributed by atoms with Gasteiger partial charge in [0, 0.05) is 137 Å². The fraction of sp³-hybridized carbons (Fsp3) is 0.417. The summed E-state index contributed by atoms with van der Waals surface area (Å²) in [6.45, 7) is 6.99. The molecule has 9 N–H and O–H groups in total. The van der Waals surface area contributed by atoms with Crippen molar-refractivity contribution in [3.8, 4) is 0 Å². The highest BCUT2D eigenvalue weighted by Gasteiger charge is 2.35. The average Bonchev–Trinajstić information content (AvgIpc) is 1.77. The molecule has 0 unspecified atom stereocenters. The molecule has 6 atom stereocenters. The van der Waals surface area contributed by atoms with Crippen LogP contribution in [0.4, 0.5) is 0 Å². The third-order valence-electron chi connectivity index (χ3n) is 18.0.